The number of para-hydroxylation sites is 2. The maximum atomic E-state index is 12.1. The van der Waals surface area contributed by atoms with Crippen LogP contribution in [0, 0.1) is 0 Å². The van der Waals surface area contributed by atoms with Crippen molar-refractivity contribution in [3.05, 3.63) is 58.5 Å². The predicted molar refractivity (Wildman–Crippen MR) is 91.4 cm³/mol. The molecule has 8 nitrogen and oxygen atoms in total. The van der Waals surface area contributed by atoms with Crippen LogP contribution in [-0.2, 0) is 16.1 Å². The van der Waals surface area contributed by atoms with Gasteiger partial charge in [0.2, 0.25) is 5.91 Å². The van der Waals surface area contributed by atoms with Crippen molar-refractivity contribution >= 4 is 11.9 Å². The van der Waals surface area contributed by atoms with Crippen LogP contribution in [0.25, 0.3) is 0 Å². The number of carbonyl (C=O) groups is 2. The smallest absolute Gasteiger partial charge is 0.339 e. The quantitative estimate of drug-likeness (QED) is 0.786. The van der Waals surface area contributed by atoms with E-state index < -0.39 is 5.97 Å². The van der Waals surface area contributed by atoms with E-state index >= 15 is 0 Å². The second-order valence-corrected chi connectivity index (χ2v) is 5.68. The topological polar surface area (TPSA) is 95.9 Å². The molecule has 0 unspecified atom stereocenters. The van der Waals surface area contributed by atoms with Crippen molar-refractivity contribution < 1.29 is 23.8 Å². The fraction of sp³-hybridized carbons (Fsp3) is 0.278. The summed E-state index contributed by atoms with van der Waals surface area (Å²) in [5, 5.41) is 2.70. The highest BCUT2D eigenvalue weighted by Gasteiger charge is 2.21. The molecule has 1 aromatic heterocycles. The standard InChI is InChI=1S/C18H18N2O6/c1-24-18(23)12-6-7-17(22)20(9-12)10-16(21)19-8-13-11-25-14-4-2-3-5-15(14)26-13/h2-7,9,13H,8,10-11H2,1H3,(H,19,21)/t13-/m1/s1. The first-order valence-electron chi connectivity index (χ1n) is 8.01. The second kappa shape index (κ2) is 7.73. The van der Waals surface area contributed by atoms with Gasteiger partial charge in [-0.1, -0.05) is 12.1 Å². The lowest BCUT2D eigenvalue weighted by atomic mass is 10.2. The molecule has 3 rings (SSSR count). The van der Waals surface area contributed by atoms with Gasteiger partial charge in [-0.15, -0.1) is 0 Å². The molecule has 0 spiro atoms. The van der Waals surface area contributed by atoms with Crippen LogP contribution >= 0.6 is 0 Å². The molecule has 2 aromatic rings. The van der Waals surface area contributed by atoms with Crippen LogP contribution in [0.15, 0.2) is 47.4 Å². The minimum Gasteiger partial charge on any atom is -0.486 e. The van der Waals surface area contributed by atoms with E-state index in [1.807, 2.05) is 18.2 Å². The number of nitrogens with one attached hydrogen (secondary N) is 1. The zero-order valence-corrected chi connectivity index (χ0v) is 14.1. The first kappa shape index (κ1) is 17.5. The normalized spacial score (nSPS) is 15.2. The van der Waals surface area contributed by atoms with E-state index in [9.17, 15) is 14.4 Å². The molecule has 1 N–H and O–H groups in total. The first-order chi connectivity index (χ1) is 12.6. The highest BCUT2D eigenvalue weighted by Crippen LogP contribution is 2.30. The Labute approximate surface area is 149 Å². The lowest BCUT2D eigenvalue weighted by molar-refractivity contribution is -0.122. The molecule has 136 valence electrons. The highest BCUT2D eigenvalue weighted by atomic mass is 16.6. The van der Waals surface area contributed by atoms with Crippen LogP contribution < -0.4 is 20.3 Å². The third kappa shape index (κ3) is 4.02. The fourth-order valence-electron chi connectivity index (χ4n) is 2.50. The number of benzene rings is 1. The number of amides is 1. The average Bonchev–Trinajstić information content (AvgIpc) is 2.67. The molecule has 0 radical (unpaired) electrons. The third-order valence-electron chi connectivity index (χ3n) is 3.81. The lowest BCUT2D eigenvalue weighted by Gasteiger charge is -2.26. The van der Waals surface area contributed by atoms with Crippen molar-refractivity contribution in [3.8, 4) is 11.5 Å². The molecule has 1 amide bonds. The molecule has 0 bridgehead atoms. The number of carbonyl (C=O) groups excluding carboxylic acids is 2. The molecule has 0 saturated carbocycles. The number of hydrogen-bond acceptors (Lipinski definition) is 6. The summed E-state index contributed by atoms with van der Waals surface area (Å²) in [5.41, 5.74) is -0.195. The van der Waals surface area contributed by atoms with Crippen LogP contribution in [0.2, 0.25) is 0 Å². The molecule has 1 aliphatic heterocycles. The Hall–Kier alpha value is -3.29. The van der Waals surface area contributed by atoms with E-state index in [0.717, 1.165) is 4.57 Å². The number of rotatable bonds is 5. The lowest BCUT2D eigenvalue weighted by Crippen LogP contribution is -2.42. The summed E-state index contributed by atoms with van der Waals surface area (Å²) >= 11 is 0. The number of pyridine rings is 1. The summed E-state index contributed by atoms with van der Waals surface area (Å²) in [7, 11) is 1.24. The highest BCUT2D eigenvalue weighted by molar-refractivity contribution is 5.89. The largest absolute Gasteiger partial charge is 0.486 e. The van der Waals surface area contributed by atoms with Gasteiger partial charge in [-0.3, -0.25) is 9.59 Å². The number of methoxy groups -OCH3 is 1. The minimum atomic E-state index is -0.578. The summed E-state index contributed by atoms with van der Waals surface area (Å²) in [6, 6.07) is 9.86. The Bertz CT molecular complexity index is 876. The number of ether oxygens (including phenoxy) is 3. The summed E-state index contributed by atoms with van der Waals surface area (Å²) in [6.45, 7) is 0.335. The molecule has 0 fully saturated rings. The van der Waals surface area contributed by atoms with Crippen LogP contribution in [0.3, 0.4) is 0 Å². The van der Waals surface area contributed by atoms with E-state index in [-0.39, 0.29) is 36.2 Å². The Morgan fingerprint density at radius 3 is 2.77 bits per heavy atom. The van der Waals surface area contributed by atoms with Gasteiger partial charge in [0.25, 0.3) is 5.56 Å². The first-order valence-corrected chi connectivity index (χ1v) is 8.01. The zero-order valence-electron chi connectivity index (χ0n) is 14.1. The monoisotopic (exact) mass is 358 g/mol. The van der Waals surface area contributed by atoms with Gasteiger partial charge in [0.15, 0.2) is 11.5 Å². The Balaban J connectivity index is 1.57. The third-order valence-corrected chi connectivity index (χ3v) is 3.81. The molecule has 26 heavy (non-hydrogen) atoms. The van der Waals surface area contributed by atoms with Gasteiger partial charge >= 0.3 is 5.97 Å². The fourth-order valence-corrected chi connectivity index (χ4v) is 2.50. The number of esters is 1. The molecule has 1 aliphatic rings. The van der Waals surface area contributed by atoms with Crippen LogP contribution in [-0.4, -0.2) is 42.8 Å². The van der Waals surface area contributed by atoms with E-state index in [0.29, 0.717) is 18.1 Å². The molecular weight excluding hydrogens is 340 g/mol. The van der Waals surface area contributed by atoms with Gasteiger partial charge in [-0.2, -0.15) is 0 Å². The Kier molecular flexibility index (Phi) is 5.21. The van der Waals surface area contributed by atoms with E-state index in [2.05, 4.69) is 10.1 Å². The summed E-state index contributed by atoms with van der Waals surface area (Å²) in [5.74, 6) is 0.336. The van der Waals surface area contributed by atoms with Gasteiger partial charge < -0.3 is 24.1 Å². The minimum absolute atomic E-state index is 0.195. The predicted octanol–water partition coefficient (Wildman–Crippen LogP) is 0.591. The van der Waals surface area contributed by atoms with Crippen molar-refractivity contribution in [1.82, 2.24) is 9.88 Å². The van der Waals surface area contributed by atoms with Crippen molar-refractivity contribution in [2.45, 2.75) is 12.6 Å². The number of fused-ring (bicyclic) bond motifs is 1. The molecule has 8 heteroatoms. The van der Waals surface area contributed by atoms with Gasteiger partial charge in [0, 0.05) is 12.3 Å². The van der Waals surface area contributed by atoms with Crippen molar-refractivity contribution in [1.29, 1.82) is 0 Å². The Morgan fingerprint density at radius 2 is 2.00 bits per heavy atom. The van der Waals surface area contributed by atoms with Crippen LogP contribution in [0.5, 0.6) is 11.5 Å². The molecular formula is C18H18N2O6. The summed E-state index contributed by atoms with van der Waals surface area (Å²) in [6.07, 6.45) is 0.969. The van der Waals surface area contributed by atoms with Crippen LogP contribution in [0.4, 0.5) is 0 Å². The summed E-state index contributed by atoms with van der Waals surface area (Å²) in [4.78, 5) is 35.5. The van der Waals surface area contributed by atoms with Crippen molar-refractivity contribution in [3.63, 3.8) is 0 Å². The summed E-state index contributed by atoms with van der Waals surface area (Å²) < 4.78 is 17.1. The number of nitrogens with zero attached hydrogens (tertiary/aromatic N) is 1. The van der Waals surface area contributed by atoms with Gasteiger partial charge in [0.1, 0.15) is 19.3 Å². The maximum absolute atomic E-state index is 12.1. The number of aromatic nitrogens is 1. The zero-order chi connectivity index (χ0) is 18.5. The van der Waals surface area contributed by atoms with E-state index in [1.54, 1.807) is 6.07 Å². The average molecular weight is 358 g/mol. The molecule has 1 aromatic carbocycles. The maximum Gasteiger partial charge on any atom is 0.339 e. The van der Waals surface area contributed by atoms with Gasteiger partial charge in [-0.05, 0) is 18.2 Å². The van der Waals surface area contributed by atoms with Gasteiger partial charge in [0.05, 0.1) is 19.2 Å². The Morgan fingerprint density at radius 1 is 1.23 bits per heavy atom. The van der Waals surface area contributed by atoms with E-state index in [1.165, 1.54) is 25.4 Å². The van der Waals surface area contributed by atoms with E-state index in [4.69, 9.17) is 9.47 Å². The van der Waals surface area contributed by atoms with Crippen LogP contribution in [0.1, 0.15) is 10.4 Å². The second-order valence-electron chi connectivity index (χ2n) is 5.68. The SMILES string of the molecule is COC(=O)c1ccc(=O)n(CC(=O)NC[C@@H]2COc3ccccc3O2)c1. The molecule has 1 atom stereocenters. The van der Waals surface area contributed by atoms with Gasteiger partial charge in [-0.25, -0.2) is 4.79 Å². The number of hydrogen-bond donors (Lipinski definition) is 1. The van der Waals surface area contributed by atoms with Crippen molar-refractivity contribution in [2.24, 2.45) is 0 Å². The molecule has 0 aliphatic carbocycles. The molecule has 0 saturated heterocycles. The van der Waals surface area contributed by atoms with Crippen molar-refractivity contribution in [2.75, 3.05) is 20.3 Å². The molecule has 2 heterocycles.